The van der Waals surface area contributed by atoms with Crippen molar-refractivity contribution in [2.75, 3.05) is 11.9 Å². The lowest BCUT2D eigenvalue weighted by atomic mass is 10.3. The average molecular weight is 216 g/mol. The lowest BCUT2D eigenvalue weighted by molar-refractivity contribution is 0.953. The van der Waals surface area contributed by atoms with Gasteiger partial charge >= 0.3 is 0 Å². The summed E-state index contributed by atoms with van der Waals surface area (Å²) < 4.78 is 2.04. The molecule has 2 rings (SSSR count). The zero-order chi connectivity index (χ0) is 11.4. The van der Waals surface area contributed by atoms with E-state index >= 15 is 0 Å². The maximum absolute atomic E-state index is 4.27. The van der Waals surface area contributed by atoms with Gasteiger partial charge in [0.05, 0.1) is 5.69 Å². The normalized spacial score (nSPS) is 10.4. The Bertz CT molecular complexity index is 462. The molecule has 0 spiro atoms. The van der Waals surface area contributed by atoms with Crippen molar-refractivity contribution in [1.82, 2.24) is 14.5 Å². The van der Waals surface area contributed by atoms with Gasteiger partial charge in [-0.3, -0.25) is 0 Å². The van der Waals surface area contributed by atoms with Gasteiger partial charge in [0.25, 0.3) is 0 Å². The van der Waals surface area contributed by atoms with E-state index in [9.17, 15) is 0 Å². The molecule has 84 valence electrons. The van der Waals surface area contributed by atoms with E-state index in [4.69, 9.17) is 0 Å². The summed E-state index contributed by atoms with van der Waals surface area (Å²) in [6.07, 6.45) is 6.66. The number of rotatable bonds is 4. The molecule has 4 heteroatoms. The van der Waals surface area contributed by atoms with Gasteiger partial charge in [-0.1, -0.05) is 6.92 Å². The highest BCUT2D eigenvalue weighted by molar-refractivity contribution is 5.45. The molecule has 0 saturated heterocycles. The lowest BCUT2D eigenvalue weighted by Crippen LogP contribution is -2.03. The van der Waals surface area contributed by atoms with Crippen molar-refractivity contribution in [2.24, 2.45) is 0 Å². The van der Waals surface area contributed by atoms with Crippen LogP contribution in [-0.4, -0.2) is 21.1 Å². The molecule has 0 unspecified atom stereocenters. The highest BCUT2D eigenvalue weighted by Crippen LogP contribution is 2.13. The number of pyridine rings is 1. The van der Waals surface area contributed by atoms with Gasteiger partial charge < -0.3 is 9.88 Å². The van der Waals surface area contributed by atoms with E-state index in [2.05, 4.69) is 22.2 Å². The van der Waals surface area contributed by atoms with Crippen molar-refractivity contribution < 1.29 is 0 Å². The smallest absolute Gasteiger partial charge is 0.127 e. The molecule has 0 radical (unpaired) electrons. The van der Waals surface area contributed by atoms with Gasteiger partial charge in [0.1, 0.15) is 11.6 Å². The second-order valence-corrected chi connectivity index (χ2v) is 3.67. The topological polar surface area (TPSA) is 42.7 Å². The van der Waals surface area contributed by atoms with E-state index in [1.54, 1.807) is 6.20 Å². The van der Waals surface area contributed by atoms with Crippen LogP contribution in [0.5, 0.6) is 0 Å². The Morgan fingerprint density at radius 1 is 1.31 bits per heavy atom. The molecule has 0 atom stereocenters. The van der Waals surface area contributed by atoms with Gasteiger partial charge in [0, 0.05) is 31.2 Å². The number of nitrogens with zero attached hydrogens (tertiary/aromatic N) is 3. The summed E-state index contributed by atoms with van der Waals surface area (Å²) in [5.74, 6) is 1.89. The van der Waals surface area contributed by atoms with Crippen LogP contribution in [0.1, 0.15) is 19.2 Å². The predicted octanol–water partition coefficient (Wildman–Crippen LogP) is 2.40. The van der Waals surface area contributed by atoms with Crippen molar-refractivity contribution >= 4 is 5.82 Å². The second-order valence-electron chi connectivity index (χ2n) is 3.67. The molecular weight excluding hydrogens is 200 g/mol. The Labute approximate surface area is 95.4 Å². The quantitative estimate of drug-likeness (QED) is 0.853. The van der Waals surface area contributed by atoms with E-state index in [1.807, 2.05) is 36.0 Å². The first kappa shape index (κ1) is 10.7. The standard InChI is InChI=1S/C12H16N4/c1-3-5-14-12-9-11(4-6-15-12)16-8-7-13-10(16)2/h4,6-9H,3,5H2,1-2H3,(H,14,15). The Balaban J connectivity index is 2.26. The van der Waals surface area contributed by atoms with Crippen LogP contribution >= 0.6 is 0 Å². The van der Waals surface area contributed by atoms with Crippen LogP contribution in [0.2, 0.25) is 0 Å². The second kappa shape index (κ2) is 4.79. The van der Waals surface area contributed by atoms with Crippen molar-refractivity contribution in [2.45, 2.75) is 20.3 Å². The zero-order valence-electron chi connectivity index (χ0n) is 9.64. The van der Waals surface area contributed by atoms with Crippen molar-refractivity contribution in [1.29, 1.82) is 0 Å². The third kappa shape index (κ3) is 2.21. The number of anilines is 1. The monoisotopic (exact) mass is 216 g/mol. The highest BCUT2D eigenvalue weighted by atomic mass is 15.1. The number of hydrogen-bond acceptors (Lipinski definition) is 3. The fraction of sp³-hybridized carbons (Fsp3) is 0.333. The summed E-state index contributed by atoms with van der Waals surface area (Å²) >= 11 is 0. The highest BCUT2D eigenvalue weighted by Gasteiger charge is 2.01. The van der Waals surface area contributed by atoms with Crippen LogP contribution in [0, 0.1) is 6.92 Å². The number of hydrogen-bond donors (Lipinski definition) is 1. The van der Waals surface area contributed by atoms with Gasteiger partial charge in [-0.2, -0.15) is 0 Å². The van der Waals surface area contributed by atoms with Gasteiger partial charge in [-0.15, -0.1) is 0 Å². The molecule has 2 aromatic rings. The Kier molecular flexibility index (Phi) is 3.19. The Morgan fingerprint density at radius 3 is 2.88 bits per heavy atom. The van der Waals surface area contributed by atoms with Crippen LogP contribution in [-0.2, 0) is 0 Å². The number of imidazole rings is 1. The van der Waals surface area contributed by atoms with Crippen LogP contribution in [0.4, 0.5) is 5.82 Å². The van der Waals surface area contributed by atoms with Crippen molar-refractivity contribution in [3.63, 3.8) is 0 Å². The van der Waals surface area contributed by atoms with Gasteiger partial charge in [0.15, 0.2) is 0 Å². The molecule has 0 aromatic carbocycles. The molecule has 0 aliphatic heterocycles. The molecule has 0 saturated carbocycles. The predicted molar refractivity (Wildman–Crippen MR) is 64.9 cm³/mol. The molecule has 2 aromatic heterocycles. The summed E-state index contributed by atoms with van der Waals surface area (Å²) in [5, 5.41) is 3.27. The number of aromatic nitrogens is 3. The SMILES string of the molecule is CCCNc1cc(-n2ccnc2C)ccn1. The van der Waals surface area contributed by atoms with E-state index in [0.717, 1.165) is 30.3 Å². The fourth-order valence-electron chi connectivity index (χ4n) is 1.57. The van der Waals surface area contributed by atoms with E-state index < -0.39 is 0 Å². The average Bonchev–Trinajstić information content (AvgIpc) is 2.73. The van der Waals surface area contributed by atoms with Gasteiger partial charge in [-0.05, 0) is 19.4 Å². The Hall–Kier alpha value is -1.84. The molecule has 0 aliphatic rings. The molecule has 0 fully saturated rings. The van der Waals surface area contributed by atoms with Crippen molar-refractivity contribution in [3.8, 4) is 5.69 Å². The molecule has 0 aliphatic carbocycles. The minimum Gasteiger partial charge on any atom is -0.370 e. The maximum atomic E-state index is 4.27. The first-order chi connectivity index (χ1) is 7.81. The van der Waals surface area contributed by atoms with Gasteiger partial charge in [-0.25, -0.2) is 9.97 Å². The Morgan fingerprint density at radius 2 is 2.19 bits per heavy atom. The number of nitrogens with one attached hydrogen (secondary N) is 1. The lowest BCUT2D eigenvalue weighted by Gasteiger charge is -2.08. The van der Waals surface area contributed by atoms with Crippen LogP contribution in [0.25, 0.3) is 5.69 Å². The molecule has 2 heterocycles. The van der Waals surface area contributed by atoms with Crippen LogP contribution < -0.4 is 5.32 Å². The largest absolute Gasteiger partial charge is 0.370 e. The summed E-state index contributed by atoms with van der Waals surface area (Å²) in [6, 6.07) is 4.01. The van der Waals surface area contributed by atoms with E-state index in [1.165, 1.54) is 0 Å². The third-order valence-corrected chi connectivity index (χ3v) is 2.40. The van der Waals surface area contributed by atoms with Gasteiger partial charge in [0.2, 0.25) is 0 Å². The van der Waals surface area contributed by atoms with Crippen LogP contribution in [0.15, 0.2) is 30.7 Å². The summed E-state index contributed by atoms with van der Waals surface area (Å²) in [7, 11) is 0. The molecule has 4 nitrogen and oxygen atoms in total. The van der Waals surface area contributed by atoms with E-state index in [-0.39, 0.29) is 0 Å². The van der Waals surface area contributed by atoms with Crippen molar-refractivity contribution in [3.05, 3.63) is 36.5 Å². The fourth-order valence-corrected chi connectivity index (χ4v) is 1.57. The molecule has 16 heavy (non-hydrogen) atoms. The number of aryl methyl sites for hydroxylation is 1. The molecule has 0 amide bonds. The van der Waals surface area contributed by atoms with E-state index in [0.29, 0.717) is 0 Å². The minimum atomic E-state index is 0.910. The molecular formula is C12H16N4. The molecule has 1 N–H and O–H groups in total. The summed E-state index contributed by atoms with van der Waals surface area (Å²) in [6.45, 7) is 5.07. The summed E-state index contributed by atoms with van der Waals surface area (Å²) in [4.78, 5) is 8.48. The first-order valence-electron chi connectivity index (χ1n) is 5.51. The third-order valence-electron chi connectivity index (χ3n) is 2.40. The summed E-state index contributed by atoms with van der Waals surface area (Å²) in [5.41, 5.74) is 1.09. The molecule has 0 bridgehead atoms. The van der Waals surface area contributed by atoms with Crippen LogP contribution in [0.3, 0.4) is 0 Å². The zero-order valence-corrected chi connectivity index (χ0v) is 9.64. The maximum Gasteiger partial charge on any atom is 0.127 e. The first-order valence-corrected chi connectivity index (χ1v) is 5.51. The minimum absolute atomic E-state index is 0.910.